The Hall–Kier alpha value is -1.51. The van der Waals surface area contributed by atoms with Crippen LogP contribution in [0, 0.1) is 10.8 Å². The molecule has 2 fully saturated rings. The van der Waals surface area contributed by atoms with Crippen LogP contribution >= 0.6 is 0 Å². The Morgan fingerprint density at radius 2 is 1.90 bits per heavy atom. The molecule has 8 heteroatoms. The lowest BCUT2D eigenvalue weighted by atomic mass is 9.59. The zero-order valence-electron chi connectivity index (χ0n) is 12.1. The van der Waals surface area contributed by atoms with Crippen molar-refractivity contribution in [2.75, 3.05) is 40.5 Å². The Bertz CT molecular complexity index is 468. The number of piperidine rings is 2. The van der Waals surface area contributed by atoms with Crippen LogP contribution in [-0.4, -0.2) is 69.3 Å². The molecule has 0 amide bonds. The SMILES string of the molecule is COC(=O)C12CNCC(C(=O)OC)(C1=O)C(CCO)NC2. The van der Waals surface area contributed by atoms with Gasteiger partial charge in [0, 0.05) is 32.3 Å². The minimum atomic E-state index is -1.53. The molecule has 2 rings (SSSR count). The molecule has 2 saturated heterocycles. The van der Waals surface area contributed by atoms with Gasteiger partial charge < -0.3 is 25.2 Å². The van der Waals surface area contributed by atoms with Crippen LogP contribution in [0.4, 0.5) is 0 Å². The molecule has 2 aliphatic heterocycles. The van der Waals surface area contributed by atoms with Gasteiger partial charge in [0.15, 0.2) is 16.6 Å². The first-order chi connectivity index (χ1) is 9.99. The van der Waals surface area contributed by atoms with Crippen molar-refractivity contribution in [1.82, 2.24) is 10.6 Å². The summed E-state index contributed by atoms with van der Waals surface area (Å²) in [5, 5.41) is 15.2. The lowest BCUT2D eigenvalue weighted by Gasteiger charge is -2.51. The molecule has 2 heterocycles. The number of hydrogen-bond donors (Lipinski definition) is 3. The van der Waals surface area contributed by atoms with Crippen LogP contribution in [0.2, 0.25) is 0 Å². The number of carbonyl (C=O) groups is 3. The summed E-state index contributed by atoms with van der Waals surface area (Å²) in [4.78, 5) is 37.4. The van der Waals surface area contributed by atoms with Crippen molar-refractivity contribution in [2.45, 2.75) is 12.5 Å². The van der Waals surface area contributed by atoms with E-state index < -0.39 is 34.6 Å². The summed E-state index contributed by atoms with van der Waals surface area (Å²) in [5.74, 6) is -1.88. The fourth-order valence-electron chi connectivity index (χ4n) is 3.36. The predicted molar refractivity (Wildman–Crippen MR) is 70.3 cm³/mol. The number of rotatable bonds is 4. The van der Waals surface area contributed by atoms with Crippen LogP contribution in [-0.2, 0) is 23.9 Å². The van der Waals surface area contributed by atoms with Gasteiger partial charge in [-0.1, -0.05) is 0 Å². The lowest BCUT2D eigenvalue weighted by Crippen LogP contribution is -2.77. The summed E-state index contributed by atoms with van der Waals surface area (Å²) >= 11 is 0. The predicted octanol–water partition coefficient (Wildman–Crippen LogP) is -2.17. The molecular formula is C13H20N2O6. The highest BCUT2D eigenvalue weighted by molar-refractivity contribution is 6.17. The van der Waals surface area contributed by atoms with Gasteiger partial charge in [0.2, 0.25) is 0 Å². The highest BCUT2D eigenvalue weighted by atomic mass is 16.5. The first-order valence-electron chi connectivity index (χ1n) is 6.76. The number of Topliss-reactive ketones (excluding diaryl/α,β-unsaturated/α-hetero) is 1. The summed E-state index contributed by atoms with van der Waals surface area (Å²) < 4.78 is 9.55. The molecule has 0 aliphatic carbocycles. The van der Waals surface area contributed by atoms with Gasteiger partial charge in [0.25, 0.3) is 0 Å². The Kier molecular flexibility index (Phi) is 4.31. The largest absolute Gasteiger partial charge is 0.468 e. The van der Waals surface area contributed by atoms with E-state index in [4.69, 9.17) is 9.47 Å². The second kappa shape index (κ2) is 5.70. The molecule has 3 N–H and O–H groups in total. The molecule has 3 unspecified atom stereocenters. The number of aliphatic hydroxyl groups excluding tert-OH is 1. The number of hydrogen-bond acceptors (Lipinski definition) is 8. The summed E-state index contributed by atoms with van der Waals surface area (Å²) in [7, 11) is 2.40. The summed E-state index contributed by atoms with van der Waals surface area (Å²) in [6.07, 6.45) is 0.208. The molecule has 2 aliphatic rings. The summed E-state index contributed by atoms with van der Waals surface area (Å²) in [6.45, 7) is 0.0504. The Morgan fingerprint density at radius 1 is 1.24 bits per heavy atom. The quantitative estimate of drug-likeness (QED) is 0.397. The van der Waals surface area contributed by atoms with Crippen molar-refractivity contribution >= 4 is 17.7 Å². The molecule has 21 heavy (non-hydrogen) atoms. The molecule has 118 valence electrons. The molecule has 0 radical (unpaired) electrons. The molecule has 0 aromatic carbocycles. The monoisotopic (exact) mass is 300 g/mol. The van der Waals surface area contributed by atoms with E-state index in [1.807, 2.05) is 0 Å². The second-order valence-corrected chi connectivity index (χ2v) is 5.42. The molecule has 2 bridgehead atoms. The van der Waals surface area contributed by atoms with E-state index in [0.29, 0.717) is 0 Å². The zero-order valence-corrected chi connectivity index (χ0v) is 12.1. The average molecular weight is 300 g/mol. The van der Waals surface area contributed by atoms with Gasteiger partial charge in [-0.15, -0.1) is 0 Å². The van der Waals surface area contributed by atoms with Crippen LogP contribution in [0.3, 0.4) is 0 Å². The van der Waals surface area contributed by atoms with E-state index in [0.717, 1.165) is 0 Å². The third kappa shape index (κ3) is 2.05. The van der Waals surface area contributed by atoms with E-state index >= 15 is 0 Å². The van der Waals surface area contributed by atoms with Crippen molar-refractivity contribution in [2.24, 2.45) is 10.8 Å². The van der Waals surface area contributed by atoms with E-state index in [9.17, 15) is 19.5 Å². The minimum absolute atomic E-state index is 0.0644. The van der Waals surface area contributed by atoms with Gasteiger partial charge in [0.1, 0.15) is 0 Å². The maximum Gasteiger partial charge on any atom is 0.322 e. The highest BCUT2D eigenvalue weighted by Gasteiger charge is 2.67. The van der Waals surface area contributed by atoms with Crippen molar-refractivity contribution in [1.29, 1.82) is 0 Å². The molecule has 0 aromatic rings. The molecular weight excluding hydrogens is 280 g/mol. The fraction of sp³-hybridized carbons (Fsp3) is 0.769. The number of methoxy groups -OCH3 is 2. The number of ether oxygens (including phenoxy) is 2. The van der Waals surface area contributed by atoms with Gasteiger partial charge >= 0.3 is 11.9 Å². The smallest absolute Gasteiger partial charge is 0.322 e. The van der Waals surface area contributed by atoms with Gasteiger partial charge in [0.05, 0.1) is 14.2 Å². The topological polar surface area (TPSA) is 114 Å². The molecule has 0 aromatic heterocycles. The van der Waals surface area contributed by atoms with Gasteiger partial charge in [-0.2, -0.15) is 0 Å². The number of esters is 2. The summed E-state index contributed by atoms with van der Waals surface area (Å²) in [5.41, 5.74) is -2.96. The van der Waals surface area contributed by atoms with Crippen LogP contribution < -0.4 is 10.6 Å². The summed E-state index contributed by atoms with van der Waals surface area (Å²) in [6, 6.07) is -0.590. The van der Waals surface area contributed by atoms with Crippen molar-refractivity contribution < 1.29 is 29.0 Å². The standard InChI is InChI=1S/C13H20N2O6/c1-20-10(18)12-5-14-7-13(9(12)17,11(19)21-2)8(3-4-16)15-6-12/h8,14-16H,3-7H2,1-2H3. The van der Waals surface area contributed by atoms with Gasteiger partial charge in [-0.25, -0.2) is 0 Å². The molecule has 3 atom stereocenters. The second-order valence-electron chi connectivity index (χ2n) is 5.42. The Labute approximate surface area is 122 Å². The maximum absolute atomic E-state index is 13.0. The van der Waals surface area contributed by atoms with Gasteiger partial charge in [-0.3, -0.25) is 14.4 Å². The molecule has 0 saturated carbocycles. The van der Waals surface area contributed by atoms with Crippen molar-refractivity contribution in [3.05, 3.63) is 0 Å². The van der Waals surface area contributed by atoms with Gasteiger partial charge in [-0.05, 0) is 6.42 Å². The third-order valence-corrected chi connectivity index (χ3v) is 4.46. The zero-order chi connectivity index (χ0) is 15.7. The number of carbonyl (C=O) groups excluding carboxylic acids is 3. The van der Waals surface area contributed by atoms with Crippen LogP contribution in [0.25, 0.3) is 0 Å². The van der Waals surface area contributed by atoms with E-state index in [1.54, 1.807) is 0 Å². The van der Waals surface area contributed by atoms with Crippen molar-refractivity contribution in [3.63, 3.8) is 0 Å². The number of aliphatic hydroxyl groups is 1. The van der Waals surface area contributed by atoms with Crippen molar-refractivity contribution in [3.8, 4) is 0 Å². The van der Waals surface area contributed by atoms with Crippen LogP contribution in [0.5, 0.6) is 0 Å². The van der Waals surface area contributed by atoms with E-state index in [-0.39, 0.29) is 32.7 Å². The van der Waals surface area contributed by atoms with E-state index in [1.165, 1.54) is 14.2 Å². The van der Waals surface area contributed by atoms with E-state index in [2.05, 4.69) is 10.6 Å². The number of nitrogens with one attached hydrogen (secondary N) is 2. The normalized spacial score (nSPS) is 35.2. The maximum atomic E-state index is 13.0. The Balaban J connectivity index is 2.50. The fourth-order valence-corrected chi connectivity index (χ4v) is 3.36. The highest BCUT2D eigenvalue weighted by Crippen LogP contribution is 2.42. The van der Waals surface area contributed by atoms with Crippen LogP contribution in [0.15, 0.2) is 0 Å². The number of fused-ring (bicyclic) bond motifs is 2. The molecule has 8 nitrogen and oxygen atoms in total. The average Bonchev–Trinajstić information content (AvgIpc) is 2.49. The first kappa shape index (κ1) is 15.9. The first-order valence-corrected chi connectivity index (χ1v) is 6.76. The molecule has 0 spiro atoms. The Morgan fingerprint density at radius 3 is 2.48 bits per heavy atom. The number of ketones is 1. The third-order valence-electron chi connectivity index (χ3n) is 4.46. The lowest BCUT2D eigenvalue weighted by molar-refractivity contribution is -0.178. The van der Waals surface area contributed by atoms with Crippen LogP contribution in [0.1, 0.15) is 6.42 Å². The minimum Gasteiger partial charge on any atom is -0.468 e.